The smallest absolute Gasteiger partial charge is 0.335 e. The topological polar surface area (TPSA) is 110 Å². The molecule has 1 unspecified atom stereocenters. The Kier molecular flexibility index (Phi) is 4.62. The highest BCUT2D eigenvalue weighted by molar-refractivity contribution is 5.84. The molecule has 17 heavy (non-hydrogen) atoms. The Bertz CT molecular complexity index is 392. The molecule has 1 aromatic rings. The fraction of sp³-hybridized carbons (Fsp3) is 0.273. The minimum atomic E-state index is -1.59. The van der Waals surface area contributed by atoms with Gasteiger partial charge in [-0.25, -0.2) is 4.79 Å². The van der Waals surface area contributed by atoms with Crippen LogP contribution in [0.3, 0.4) is 0 Å². The fourth-order valence-electron chi connectivity index (χ4n) is 1.22. The van der Waals surface area contributed by atoms with Crippen molar-refractivity contribution >= 4 is 11.9 Å². The largest absolute Gasteiger partial charge is 0.480 e. The Morgan fingerprint density at radius 3 is 2.24 bits per heavy atom. The first kappa shape index (κ1) is 13.1. The van der Waals surface area contributed by atoms with E-state index in [0.717, 1.165) is 5.56 Å². The van der Waals surface area contributed by atoms with E-state index in [9.17, 15) is 9.59 Å². The Balaban J connectivity index is 2.63. The summed E-state index contributed by atoms with van der Waals surface area (Å²) in [4.78, 5) is 21.4. The summed E-state index contributed by atoms with van der Waals surface area (Å²) in [6, 6.07) is 7.24. The van der Waals surface area contributed by atoms with Gasteiger partial charge < -0.3 is 20.7 Å². The van der Waals surface area contributed by atoms with E-state index in [4.69, 9.17) is 20.7 Å². The second kappa shape index (κ2) is 5.97. The third-order valence-electron chi connectivity index (χ3n) is 2.13. The van der Waals surface area contributed by atoms with Crippen LogP contribution in [0, 0.1) is 0 Å². The first-order chi connectivity index (χ1) is 8.02. The van der Waals surface area contributed by atoms with Crippen molar-refractivity contribution in [3.63, 3.8) is 0 Å². The third kappa shape index (κ3) is 3.86. The van der Waals surface area contributed by atoms with Gasteiger partial charge in [0.25, 0.3) is 0 Å². The lowest BCUT2D eigenvalue weighted by Gasteiger charge is -2.17. The van der Waals surface area contributed by atoms with Crippen LogP contribution in [-0.2, 0) is 20.9 Å². The number of benzene rings is 1. The summed E-state index contributed by atoms with van der Waals surface area (Å²) in [6.45, 7) is -0.00120. The average Bonchev–Trinajstić information content (AvgIpc) is 2.29. The molecular formula is C11H13NO5. The maximum Gasteiger partial charge on any atom is 0.335 e. The molecule has 4 N–H and O–H groups in total. The molecule has 0 bridgehead atoms. The van der Waals surface area contributed by atoms with Crippen LogP contribution in [0.5, 0.6) is 0 Å². The van der Waals surface area contributed by atoms with Crippen LogP contribution in [-0.4, -0.2) is 34.3 Å². The van der Waals surface area contributed by atoms with Gasteiger partial charge in [-0.15, -0.1) is 0 Å². The summed E-state index contributed by atoms with van der Waals surface area (Å²) >= 11 is 0. The van der Waals surface area contributed by atoms with E-state index in [0.29, 0.717) is 0 Å². The molecule has 0 fully saturated rings. The van der Waals surface area contributed by atoms with Gasteiger partial charge in [-0.3, -0.25) is 4.79 Å². The van der Waals surface area contributed by atoms with E-state index in [1.165, 1.54) is 0 Å². The maximum absolute atomic E-state index is 10.8. The first-order valence-corrected chi connectivity index (χ1v) is 4.89. The Hall–Kier alpha value is -1.92. The molecule has 0 aliphatic rings. The summed E-state index contributed by atoms with van der Waals surface area (Å²) in [6.07, 6.45) is -1.56. The Labute approximate surface area is 97.6 Å². The van der Waals surface area contributed by atoms with Gasteiger partial charge in [0, 0.05) is 0 Å². The second-order valence-electron chi connectivity index (χ2n) is 3.42. The van der Waals surface area contributed by atoms with Crippen LogP contribution in [0.15, 0.2) is 30.3 Å². The molecule has 0 radical (unpaired) electrons. The van der Waals surface area contributed by atoms with E-state index < -0.39 is 24.1 Å². The Morgan fingerprint density at radius 2 is 1.76 bits per heavy atom. The lowest BCUT2D eigenvalue weighted by Crippen LogP contribution is -2.47. The van der Waals surface area contributed by atoms with Gasteiger partial charge in [-0.1, -0.05) is 30.3 Å². The van der Waals surface area contributed by atoms with Crippen LogP contribution >= 0.6 is 0 Å². The zero-order valence-corrected chi connectivity index (χ0v) is 8.95. The van der Waals surface area contributed by atoms with Gasteiger partial charge >= 0.3 is 11.9 Å². The molecule has 0 spiro atoms. The third-order valence-corrected chi connectivity index (χ3v) is 2.13. The van der Waals surface area contributed by atoms with Gasteiger partial charge in [-0.2, -0.15) is 0 Å². The van der Waals surface area contributed by atoms with Crippen LogP contribution in [0.4, 0.5) is 0 Å². The van der Waals surface area contributed by atoms with Crippen molar-refractivity contribution in [1.82, 2.24) is 0 Å². The minimum absolute atomic E-state index is 0.00120. The van der Waals surface area contributed by atoms with Crippen molar-refractivity contribution < 1.29 is 24.5 Å². The second-order valence-corrected chi connectivity index (χ2v) is 3.42. The fourth-order valence-corrected chi connectivity index (χ4v) is 1.22. The molecule has 2 atom stereocenters. The number of carboxylic acids is 2. The molecule has 0 saturated heterocycles. The van der Waals surface area contributed by atoms with E-state index in [1.807, 2.05) is 0 Å². The molecule has 0 aliphatic carbocycles. The monoisotopic (exact) mass is 239 g/mol. The van der Waals surface area contributed by atoms with Crippen molar-refractivity contribution in [3.8, 4) is 0 Å². The van der Waals surface area contributed by atoms with Gasteiger partial charge in [-0.05, 0) is 5.56 Å². The van der Waals surface area contributed by atoms with E-state index in [2.05, 4.69) is 0 Å². The first-order valence-electron chi connectivity index (χ1n) is 4.89. The SMILES string of the molecule is N[C@H](C(=O)O)C(OCc1ccccc1)C(=O)O. The number of hydrogen-bond acceptors (Lipinski definition) is 4. The number of ether oxygens (including phenoxy) is 1. The summed E-state index contributed by atoms with van der Waals surface area (Å²) < 4.78 is 5.01. The summed E-state index contributed by atoms with van der Waals surface area (Å²) in [5, 5.41) is 17.4. The Morgan fingerprint density at radius 1 is 1.18 bits per heavy atom. The number of carboxylic acid groups (broad SMARTS) is 2. The van der Waals surface area contributed by atoms with Gasteiger partial charge in [0.2, 0.25) is 0 Å². The van der Waals surface area contributed by atoms with E-state index in [-0.39, 0.29) is 6.61 Å². The molecule has 1 rings (SSSR count). The molecule has 0 heterocycles. The minimum Gasteiger partial charge on any atom is -0.480 e. The lowest BCUT2D eigenvalue weighted by molar-refractivity contribution is -0.159. The molecule has 0 aromatic heterocycles. The van der Waals surface area contributed by atoms with Gasteiger partial charge in [0.1, 0.15) is 6.04 Å². The normalized spacial score (nSPS) is 13.9. The standard InChI is InChI=1S/C11H13NO5/c12-8(10(13)14)9(11(15)16)17-6-7-4-2-1-3-5-7/h1-5,8-9H,6,12H2,(H,13,14)(H,15,16)/t8-,9?/m0/s1. The van der Waals surface area contributed by atoms with Gasteiger partial charge in [0.05, 0.1) is 6.61 Å². The van der Waals surface area contributed by atoms with Gasteiger partial charge in [0.15, 0.2) is 6.10 Å². The predicted octanol–water partition coefficient (Wildman–Crippen LogP) is 0.0683. The molecule has 6 heteroatoms. The van der Waals surface area contributed by atoms with Crippen LogP contribution in [0.2, 0.25) is 0 Å². The highest BCUT2D eigenvalue weighted by Crippen LogP contribution is 2.06. The van der Waals surface area contributed by atoms with Crippen LogP contribution in [0.25, 0.3) is 0 Å². The molecular weight excluding hydrogens is 226 g/mol. The summed E-state index contributed by atoms with van der Waals surface area (Å²) in [7, 11) is 0. The van der Waals surface area contributed by atoms with Crippen LogP contribution < -0.4 is 5.73 Å². The van der Waals surface area contributed by atoms with Crippen molar-refractivity contribution in [1.29, 1.82) is 0 Å². The lowest BCUT2D eigenvalue weighted by atomic mass is 10.1. The number of aliphatic carboxylic acids is 2. The highest BCUT2D eigenvalue weighted by atomic mass is 16.5. The van der Waals surface area contributed by atoms with Crippen molar-refractivity contribution in [2.45, 2.75) is 18.8 Å². The highest BCUT2D eigenvalue weighted by Gasteiger charge is 2.31. The molecule has 0 amide bonds. The number of nitrogens with two attached hydrogens (primary N) is 1. The average molecular weight is 239 g/mol. The van der Waals surface area contributed by atoms with Crippen LogP contribution in [0.1, 0.15) is 5.56 Å². The van der Waals surface area contributed by atoms with Crippen molar-refractivity contribution in [2.75, 3.05) is 0 Å². The maximum atomic E-state index is 10.8. The zero-order valence-electron chi connectivity index (χ0n) is 8.95. The van der Waals surface area contributed by atoms with Crippen molar-refractivity contribution in [3.05, 3.63) is 35.9 Å². The number of hydrogen-bond donors (Lipinski definition) is 3. The van der Waals surface area contributed by atoms with Crippen molar-refractivity contribution in [2.24, 2.45) is 5.73 Å². The quantitative estimate of drug-likeness (QED) is 0.648. The molecule has 92 valence electrons. The van der Waals surface area contributed by atoms with E-state index >= 15 is 0 Å². The number of rotatable bonds is 6. The predicted molar refractivity (Wildman–Crippen MR) is 58.3 cm³/mol. The van der Waals surface area contributed by atoms with E-state index in [1.54, 1.807) is 30.3 Å². The summed E-state index contributed by atoms with van der Waals surface area (Å²) in [5.41, 5.74) is 5.97. The molecule has 0 aliphatic heterocycles. The molecule has 1 aromatic carbocycles. The molecule has 0 saturated carbocycles. The number of carbonyl (C=O) groups is 2. The zero-order chi connectivity index (χ0) is 12.8. The molecule has 6 nitrogen and oxygen atoms in total. The summed E-state index contributed by atoms with van der Waals surface area (Å²) in [5.74, 6) is -2.80.